The Balaban J connectivity index is 0.750. The molecule has 0 unspecified atom stereocenters. The number of aromatic nitrogens is 2. The van der Waals surface area contributed by atoms with E-state index in [0.29, 0.717) is 0 Å². The number of para-hydroxylation sites is 4. The highest BCUT2D eigenvalue weighted by Gasteiger charge is 2.23. The van der Waals surface area contributed by atoms with Crippen LogP contribution in [0.15, 0.2) is 256 Å². The molecular weight excluding hydrogens is 1020 g/mol. The van der Waals surface area contributed by atoms with E-state index in [1.165, 1.54) is 66.2 Å². The molecule has 5 aromatic heterocycles. The van der Waals surface area contributed by atoms with Crippen molar-refractivity contribution in [3.63, 3.8) is 0 Å². The van der Waals surface area contributed by atoms with Gasteiger partial charge in [0.2, 0.25) is 0 Å². The van der Waals surface area contributed by atoms with Crippen molar-refractivity contribution < 1.29 is 13.3 Å². The molecule has 0 radical (unpaired) electrons. The fourth-order valence-electron chi connectivity index (χ4n) is 13.5. The Morgan fingerprint density at radius 3 is 0.940 bits per heavy atom. The van der Waals surface area contributed by atoms with Crippen molar-refractivity contribution in [2.24, 2.45) is 0 Å². The molecule has 7 heteroatoms. The molecule has 5 heterocycles. The Kier molecular flexibility index (Phi) is 10.1. The first-order valence-electron chi connectivity index (χ1n) is 28.4. The van der Waals surface area contributed by atoms with E-state index in [0.717, 1.165) is 111 Å². The molecule has 17 rings (SSSR count). The molecule has 0 aliphatic carbocycles. The lowest BCUT2D eigenvalue weighted by atomic mass is 10.1. The molecule has 0 aliphatic rings. The molecule has 0 fully saturated rings. The van der Waals surface area contributed by atoms with E-state index in [-0.39, 0.29) is 0 Å². The fourth-order valence-corrected chi connectivity index (χ4v) is 13.5. The Bertz CT molecular complexity index is 5140. The van der Waals surface area contributed by atoms with Gasteiger partial charge in [-0.3, -0.25) is 0 Å². The third-order valence-electron chi connectivity index (χ3n) is 16.9. The highest BCUT2D eigenvalue weighted by molar-refractivity contribution is 6.19. The van der Waals surface area contributed by atoms with Crippen LogP contribution in [0, 0.1) is 27.7 Å². The zero-order valence-corrected chi connectivity index (χ0v) is 46.1. The highest BCUT2D eigenvalue weighted by Crippen LogP contribution is 2.46. The van der Waals surface area contributed by atoms with Crippen molar-refractivity contribution in [2.45, 2.75) is 27.7 Å². The van der Waals surface area contributed by atoms with E-state index in [4.69, 9.17) is 13.3 Å². The van der Waals surface area contributed by atoms with E-state index < -0.39 is 0 Å². The standard InChI is InChI=1S/C76H52N4O3/c1-45-31-46(2)34-55(33-45)79-67-21-13-11-19-57(67)61-37-51(25-29-69(61)79)77(49-15-7-5-8-16-49)53-23-27-59-63-41-75-65(43-73(63)81-71(59)39-53)66-44-74-64(42-76(66)83-75)60-28-24-54(40-72(60)82-74)78(50-17-9-6-10-18-50)52-26-30-70-62(38-52)58-20-12-14-22-68(58)80(70)56-35-47(3)32-48(4)36-56/h5-44H,1-4H3. The second-order valence-corrected chi connectivity index (χ2v) is 22.5. The molecule has 0 atom stereocenters. The van der Waals surface area contributed by atoms with Crippen LogP contribution >= 0.6 is 0 Å². The van der Waals surface area contributed by atoms with Gasteiger partial charge in [0.25, 0.3) is 0 Å². The molecule has 394 valence electrons. The van der Waals surface area contributed by atoms with Gasteiger partial charge in [0.15, 0.2) is 0 Å². The van der Waals surface area contributed by atoms with Crippen LogP contribution < -0.4 is 9.80 Å². The van der Waals surface area contributed by atoms with Crippen molar-refractivity contribution in [1.82, 2.24) is 9.13 Å². The minimum absolute atomic E-state index is 0.794. The van der Waals surface area contributed by atoms with Gasteiger partial charge in [-0.1, -0.05) is 84.9 Å². The number of hydrogen-bond donors (Lipinski definition) is 0. The maximum Gasteiger partial charge on any atom is 0.137 e. The maximum atomic E-state index is 6.86. The molecule has 0 N–H and O–H groups in total. The van der Waals surface area contributed by atoms with Crippen molar-refractivity contribution in [2.75, 3.05) is 9.80 Å². The maximum absolute atomic E-state index is 6.86. The number of hydrogen-bond acceptors (Lipinski definition) is 5. The Hall–Kier alpha value is -10.8. The summed E-state index contributed by atoms with van der Waals surface area (Å²) >= 11 is 0. The number of furan rings is 3. The van der Waals surface area contributed by atoms with Crippen LogP contribution in [0.1, 0.15) is 22.3 Å². The zero-order chi connectivity index (χ0) is 55.2. The molecule has 0 bridgehead atoms. The summed E-state index contributed by atoms with van der Waals surface area (Å²) < 4.78 is 25.3. The molecule has 7 nitrogen and oxygen atoms in total. The largest absolute Gasteiger partial charge is 0.456 e. The molecule has 0 spiro atoms. The van der Waals surface area contributed by atoms with Crippen LogP contribution in [0.2, 0.25) is 0 Å². The van der Waals surface area contributed by atoms with Gasteiger partial charge < -0.3 is 32.2 Å². The summed E-state index contributed by atoms with van der Waals surface area (Å²) in [4.78, 5) is 4.64. The SMILES string of the molecule is Cc1cc(C)cc(-n2c3ccccc3c3cc(N(c4ccccc4)c4ccc5c(c4)oc4cc6c(cc45)oc4cc5c(cc46)oc4cc(N(c6ccccc6)c6ccc7c(c6)c6ccccc6n7-c6cc(C)cc(C)c6)ccc45)ccc32)c1. The second-order valence-electron chi connectivity index (χ2n) is 22.5. The number of benzene rings is 12. The van der Waals surface area contributed by atoms with E-state index >= 15 is 0 Å². The number of fused-ring (bicyclic) bond motifs is 15. The van der Waals surface area contributed by atoms with Gasteiger partial charge in [-0.05, 0) is 196 Å². The number of nitrogens with zero attached hydrogens (tertiary/aromatic N) is 4. The summed E-state index contributed by atoms with van der Waals surface area (Å²) in [6.07, 6.45) is 0. The van der Waals surface area contributed by atoms with Gasteiger partial charge in [0.1, 0.15) is 33.5 Å². The number of aryl methyl sites for hydroxylation is 4. The normalized spacial score (nSPS) is 12.1. The van der Waals surface area contributed by atoms with Crippen LogP contribution in [-0.4, -0.2) is 9.13 Å². The van der Waals surface area contributed by atoms with E-state index in [9.17, 15) is 0 Å². The lowest BCUT2D eigenvalue weighted by Gasteiger charge is -2.25. The Labute approximate surface area is 477 Å². The first-order valence-corrected chi connectivity index (χ1v) is 28.4. The summed E-state index contributed by atoms with van der Waals surface area (Å²) in [5.41, 5.74) is 23.0. The quantitative estimate of drug-likeness (QED) is 0.152. The first kappa shape index (κ1) is 47.1. The minimum Gasteiger partial charge on any atom is -0.456 e. The Morgan fingerprint density at radius 2 is 0.542 bits per heavy atom. The molecule has 0 saturated heterocycles. The minimum atomic E-state index is 0.794. The first-order chi connectivity index (χ1) is 40.7. The average Bonchev–Trinajstić information content (AvgIpc) is 2.73. The molecule has 83 heavy (non-hydrogen) atoms. The lowest BCUT2D eigenvalue weighted by molar-refractivity contribution is 0.662. The molecule has 0 amide bonds. The molecule has 0 aliphatic heterocycles. The van der Waals surface area contributed by atoms with E-state index in [2.05, 4.69) is 289 Å². The van der Waals surface area contributed by atoms with Gasteiger partial charge in [-0.15, -0.1) is 0 Å². The molecule has 0 saturated carbocycles. The molecular formula is C76H52N4O3. The van der Waals surface area contributed by atoms with Crippen molar-refractivity contribution in [3.05, 3.63) is 265 Å². The highest BCUT2D eigenvalue weighted by atomic mass is 16.3. The average molecular weight is 1070 g/mol. The topological polar surface area (TPSA) is 55.8 Å². The smallest absolute Gasteiger partial charge is 0.137 e. The summed E-state index contributed by atoms with van der Waals surface area (Å²) in [5.74, 6) is 0. The van der Waals surface area contributed by atoms with Gasteiger partial charge in [0, 0.05) is 111 Å². The molecule has 17 aromatic rings. The molecule has 12 aromatic carbocycles. The van der Waals surface area contributed by atoms with Crippen molar-refractivity contribution >= 4 is 144 Å². The summed E-state index contributed by atoms with van der Waals surface area (Å²) in [7, 11) is 0. The second kappa shape index (κ2) is 17.9. The number of rotatable bonds is 8. The predicted molar refractivity (Wildman–Crippen MR) is 345 cm³/mol. The predicted octanol–water partition coefficient (Wildman–Crippen LogP) is 21.8. The lowest BCUT2D eigenvalue weighted by Crippen LogP contribution is -2.09. The van der Waals surface area contributed by atoms with Crippen molar-refractivity contribution in [3.8, 4) is 11.4 Å². The van der Waals surface area contributed by atoms with E-state index in [1.54, 1.807) is 0 Å². The third kappa shape index (κ3) is 7.37. The Morgan fingerprint density at radius 1 is 0.229 bits per heavy atom. The van der Waals surface area contributed by atoms with Gasteiger partial charge in [-0.25, -0.2) is 0 Å². The number of anilines is 6. The van der Waals surface area contributed by atoms with Crippen LogP contribution in [0.3, 0.4) is 0 Å². The summed E-state index contributed by atoms with van der Waals surface area (Å²) in [6.45, 7) is 8.68. The monoisotopic (exact) mass is 1070 g/mol. The van der Waals surface area contributed by atoms with Gasteiger partial charge in [0.05, 0.1) is 22.1 Å². The van der Waals surface area contributed by atoms with Crippen LogP contribution in [0.25, 0.3) is 121 Å². The van der Waals surface area contributed by atoms with Crippen LogP contribution in [0.4, 0.5) is 34.1 Å². The van der Waals surface area contributed by atoms with Crippen molar-refractivity contribution in [1.29, 1.82) is 0 Å². The van der Waals surface area contributed by atoms with Gasteiger partial charge >= 0.3 is 0 Å². The van der Waals surface area contributed by atoms with Gasteiger partial charge in [-0.2, -0.15) is 0 Å². The van der Waals surface area contributed by atoms with Crippen LogP contribution in [-0.2, 0) is 0 Å². The summed E-state index contributed by atoms with van der Waals surface area (Å²) in [6, 6.07) is 87.5. The summed E-state index contributed by atoms with van der Waals surface area (Å²) in [5, 5.41) is 10.8. The van der Waals surface area contributed by atoms with E-state index in [1.807, 2.05) is 0 Å². The third-order valence-corrected chi connectivity index (χ3v) is 16.9. The fraction of sp³-hybridized carbons (Fsp3) is 0.0526. The zero-order valence-electron chi connectivity index (χ0n) is 46.1. The van der Waals surface area contributed by atoms with Crippen LogP contribution in [0.5, 0.6) is 0 Å².